The molecule has 2 aromatic carbocycles. The van der Waals surface area contributed by atoms with E-state index in [9.17, 15) is 39.9 Å². The molecule has 0 radical (unpaired) electrons. The van der Waals surface area contributed by atoms with Crippen LogP contribution in [0.2, 0.25) is 0 Å². The van der Waals surface area contributed by atoms with Crippen molar-refractivity contribution >= 4 is 33.5 Å². The van der Waals surface area contributed by atoms with E-state index in [1.54, 1.807) is 6.92 Å². The van der Waals surface area contributed by atoms with Crippen molar-refractivity contribution in [2.24, 2.45) is 0 Å². The van der Waals surface area contributed by atoms with Crippen LogP contribution in [0.15, 0.2) is 18.2 Å². The highest BCUT2D eigenvalue weighted by atomic mass is 79.9. The van der Waals surface area contributed by atoms with E-state index in [1.807, 2.05) is 0 Å². The third-order valence-electron chi connectivity index (χ3n) is 7.90. The standard InChI is InChI=1S/C27H28BrNO11/c1-10-22(32)13(29-28)6-17(39-10)40-15-8-27(37,16(31)9-30)7-12-19(15)26(36)21-20(24(12)34)23(33)11-4-3-5-14(38-2)18(11)25(21)35/h3-5,10,13,15,17,22,29-30,32,34,36-37H,6-9H2,1-2H3/t10-,13-,15-,17-,22+,27-/m0/s1. The average molecular weight is 622 g/mol. The number of carbonyl (C=O) groups excluding carboxylic acids is 3. The summed E-state index contributed by atoms with van der Waals surface area (Å²) in [5, 5.41) is 54.1. The van der Waals surface area contributed by atoms with E-state index in [0.29, 0.717) is 0 Å². The molecule has 2 aliphatic carbocycles. The van der Waals surface area contributed by atoms with Gasteiger partial charge < -0.3 is 39.7 Å². The van der Waals surface area contributed by atoms with Gasteiger partial charge in [0.05, 0.1) is 48.2 Å². The highest BCUT2D eigenvalue weighted by molar-refractivity contribution is 9.08. The molecule has 0 spiro atoms. The summed E-state index contributed by atoms with van der Waals surface area (Å²) in [7, 11) is 1.33. The second-order valence-electron chi connectivity index (χ2n) is 10.2. The number of ketones is 3. The minimum Gasteiger partial charge on any atom is -0.507 e. The smallest absolute Gasteiger partial charge is 0.202 e. The lowest BCUT2D eigenvalue weighted by molar-refractivity contribution is -0.248. The lowest BCUT2D eigenvalue weighted by atomic mass is 9.72. The molecule has 13 heteroatoms. The Kier molecular flexibility index (Phi) is 7.50. The second kappa shape index (κ2) is 10.5. The Labute approximate surface area is 236 Å². The lowest BCUT2D eigenvalue weighted by Crippen LogP contribution is -2.52. The van der Waals surface area contributed by atoms with Crippen molar-refractivity contribution < 1.29 is 54.1 Å². The number of rotatable bonds is 6. The van der Waals surface area contributed by atoms with E-state index in [0.717, 1.165) is 0 Å². The highest BCUT2D eigenvalue weighted by Gasteiger charge is 2.50. The summed E-state index contributed by atoms with van der Waals surface area (Å²) in [5.41, 5.74) is -3.58. The van der Waals surface area contributed by atoms with Crippen molar-refractivity contribution in [3.8, 4) is 17.2 Å². The first-order valence-corrected chi connectivity index (χ1v) is 13.3. The Morgan fingerprint density at radius 1 is 1.18 bits per heavy atom. The maximum Gasteiger partial charge on any atom is 0.202 e. The van der Waals surface area contributed by atoms with Gasteiger partial charge in [-0.15, -0.1) is 0 Å². The molecule has 40 heavy (non-hydrogen) atoms. The first-order valence-electron chi connectivity index (χ1n) is 12.6. The molecule has 0 aromatic heterocycles. The Balaban J connectivity index is 1.68. The Hall–Kier alpha value is -2.91. The van der Waals surface area contributed by atoms with Gasteiger partial charge in [0.1, 0.15) is 29.5 Å². The van der Waals surface area contributed by atoms with Crippen LogP contribution in [-0.4, -0.2) is 86.7 Å². The van der Waals surface area contributed by atoms with Gasteiger partial charge in [-0.1, -0.05) is 12.1 Å². The Bertz CT molecular complexity index is 1410. The summed E-state index contributed by atoms with van der Waals surface area (Å²) < 4.78 is 20.0. The molecule has 0 bridgehead atoms. The Morgan fingerprint density at radius 2 is 1.88 bits per heavy atom. The molecule has 6 N–H and O–H groups in total. The second-order valence-corrected chi connectivity index (χ2v) is 10.7. The number of hydrogen-bond donors (Lipinski definition) is 6. The van der Waals surface area contributed by atoms with Crippen LogP contribution in [-0.2, 0) is 20.7 Å². The van der Waals surface area contributed by atoms with E-state index < -0.39 is 95.7 Å². The molecule has 1 saturated heterocycles. The molecular weight excluding hydrogens is 594 g/mol. The normalized spacial score (nSPS) is 29.4. The first-order chi connectivity index (χ1) is 19.0. The predicted octanol–water partition coefficient (Wildman–Crippen LogP) is 0.942. The molecule has 1 heterocycles. The average Bonchev–Trinajstić information content (AvgIpc) is 2.94. The van der Waals surface area contributed by atoms with Crippen molar-refractivity contribution in [3.63, 3.8) is 0 Å². The molecule has 5 rings (SSSR count). The summed E-state index contributed by atoms with van der Waals surface area (Å²) in [6.45, 7) is 0.603. The molecule has 3 aliphatic rings. The third-order valence-corrected chi connectivity index (χ3v) is 8.49. The zero-order valence-electron chi connectivity index (χ0n) is 21.5. The highest BCUT2D eigenvalue weighted by Crippen LogP contribution is 2.52. The number of aliphatic hydroxyl groups is 3. The minimum absolute atomic E-state index is 0.0479. The van der Waals surface area contributed by atoms with Crippen molar-refractivity contribution in [2.45, 2.75) is 62.4 Å². The number of ether oxygens (including phenoxy) is 3. The van der Waals surface area contributed by atoms with Crippen LogP contribution >= 0.6 is 16.1 Å². The van der Waals surface area contributed by atoms with Gasteiger partial charge in [0.15, 0.2) is 17.9 Å². The van der Waals surface area contributed by atoms with Crippen molar-refractivity contribution in [1.29, 1.82) is 0 Å². The van der Waals surface area contributed by atoms with Gasteiger partial charge in [0.2, 0.25) is 5.78 Å². The number of nitrogens with one attached hydrogen (secondary N) is 1. The van der Waals surface area contributed by atoms with E-state index in [1.165, 1.54) is 25.3 Å². The number of aromatic hydroxyl groups is 2. The molecule has 214 valence electrons. The zero-order valence-corrected chi connectivity index (χ0v) is 23.1. The van der Waals surface area contributed by atoms with Crippen LogP contribution in [0.4, 0.5) is 0 Å². The van der Waals surface area contributed by atoms with E-state index >= 15 is 0 Å². The molecule has 12 nitrogen and oxygen atoms in total. The fraction of sp³-hybridized carbons (Fsp3) is 0.444. The number of carbonyl (C=O) groups is 3. The summed E-state index contributed by atoms with van der Waals surface area (Å²) in [6.07, 6.45) is -4.85. The van der Waals surface area contributed by atoms with Crippen LogP contribution in [0.25, 0.3) is 0 Å². The van der Waals surface area contributed by atoms with Gasteiger partial charge in [-0.05, 0) is 13.0 Å². The number of phenolic OH excluding ortho intramolecular Hbond substituents is 2. The fourth-order valence-corrected chi connectivity index (χ4v) is 6.28. The number of aliphatic hydroxyl groups excluding tert-OH is 2. The van der Waals surface area contributed by atoms with Crippen LogP contribution < -0.4 is 9.08 Å². The van der Waals surface area contributed by atoms with Crippen LogP contribution in [0.3, 0.4) is 0 Å². The fourth-order valence-electron chi connectivity index (χ4n) is 5.82. The van der Waals surface area contributed by atoms with Crippen molar-refractivity contribution in [3.05, 3.63) is 51.6 Å². The molecule has 2 aromatic rings. The summed E-state index contributed by atoms with van der Waals surface area (Å²) in [4.78, 5) is 39.9. The van der Waals surface area contributed by atoms with Gasteiger partial charge in [0.25, 0.3) is 0 Å². The predicted molar refractivity (Wildman–Crippen MR) is 140 cm³/mol. The summed E-state index contributed by atoms with van der Waals surface area (Å²) >= 11 is 3.12. The quantitative estimate of drug-likeness (QED) is 0.169. The summed E-state index contributed by atoms with van der Waals surface area (Å²) in [6, 6.07) is 3.87. The van der Waals surface area contributed by atoms with Gasteiger partial charge in [0, 0.05) is 52.1 Å². The SMILES string of the molecule is COc1cccc2c1C(=O)c1c(O)c3c(c(O)c1C2=O)C[C@@](O)(C(=O)CO)C[C@@H]3O[C@H]1C[C@H](NBr)[C@H](O)[C@H](C)O1. The third kappa shape index (κ3) is 4.33. The van der Waals surface area contributed by atoms with Gasteiger partial charge >= 0.3 is 0 Å². The monoisotopic (exact) mass is 621 g/mol. The largest absolute Gasteiger partial charge is 0.507 e. The number of halogens is 1. The molecular formula is C27H28BrNO11. The number of fused-ring (bicyclic) bond motifs is 3. The van der Waals surface area contributed by atoms with Crippen LogP contribution in [0, 0.1) is 0 Å². The first kappa shape index (κ1) is 28.6. The molecule has 0 amide bonds. The molecule has 0 saturated carbocycles. The molecule has 1 aliphatic heterocycles. The van der Waals surface area contributed by atoms with Gasteiger partial charge in [-0.3, -0.25) is 14.4 Å². The minimum atomic E-state index is -2.24. The van der Waals surface area contributed by atoms with E-state index in [4.69, 9.17) is 14.2 Å². The van der Waals surface area contributed by atoms with Gasteiger partial charge in [-0.25, -0.2) is 4.34 Å². The number of phenols is 2. The number of hydrogen-bond acceptors (Lipinski definition) is 12. The lowest BCUT2D eigenvalue weighted by Gasteiger charge is -2.42. The van der Waals surface area contributed by atoms with Crippen molar-refractivity contribution in [2.75, 3.05) is 13.7 Å². The van der Waals surface area contributed by atoms with Crippen LogP contribution in [0.1, 0.15) is 68.8 Å². The van der Waals surface area contributed by atoms with Crippen molar-refractivity contribution in [1.82, 2.24) is 4.34 Å². The molecule has 6 atom stereocenters. The number of benzene rings is 2. The molecule has 1 fully saturated rings. The number of Topliss-reactive ketones (excluding diaryl/α,β-unsaturated/α-hetero) is 1. The molecule has 0 unspecified atom stereocenters. The maximum absolute atomic E-state index is 13.7. The Morgan fingerprint density at radius 3 is 2.52 bits per heavy atom. The van der Waals surface area contributed by atoms with E-state index in [2.05, 4.69) is 20.5 Å². The summed E-state index contributed by atoms with van der Waals surface area (Å²) in [5.74, 6) is -3.73. The zero-order chi connectivity index (χ0) is 29.1. The maximum atomic E-state index is 13.7. The van der Waals surface area contributed by atoms with E-state index in [-0.39, 0.29) is 34.4 Å². The van der Waals surface area contributed by atoms with Crippen LogP contribution in [0.5, 0.6) is 17.2 Å². The number of methoxy groups -OCH3 is 1. The topological polar surface area (TPSA) is 192 Å². The van der Waals surface area contributed by atoms with Gasteiger partial charge in [-0.2, -0.15) is 0 Å².